The van der Waals surface area contributed by atoms with Gasteiger partial charge < -0.3 is 14.6 Å². The number of hydrogen-bond donors (Lipinski definition) is 1. The van der Waals surface area contributed by atoms with E-state index in [0.717, 1.165) is 19.3 Å². The summed E-state index contributed by atoms with van der Waals surface area (Å²) in [7, 11) is 0. The highest BCUT2D eigenvalue weighted by molar-refractivity contribution is 5.97. The first-order valence-corrected chi connectivity index (χ1v) is 10.0. The van der Waals surface area contributed by atoms with Crippen molar-refractivity contribution >= 4 is 23.8 Å². The van der Waals surface area contributed by atoms with Crippen LogP contribution in [0.1, 0.15) is 75.0 Å². The van der Waals surface area contributed by atoms with Crippen molar-refractivity contribution < 1.29 is 23.7 Å². The second-order valence-corrected chi connectivity index (χ2v) is 8.17. The van der Waals surface area contributed by atoms with E-state index in [4.69, 9.17) is 4.52 Å². The lowest BCUT2D eigenvalue weighted by Crippen LogP contribution is -2.43. The van der Waals surface area contributed by atoms with E-state index in [-0.39, 0.29) is 41.4 Å². The first-order valence-electron chi connectivity index (χ1n) is 10.0. The minimum Gasteiger partial charge on any atom is -0.361 e. The normalized spacial score (nSPS) is 19.3. The molecule has 28 heavy (non-hydrogen) atoms. The molecular weight excluding hydrogens is 360 g/mol. The Balaban J connectivity index is 2.00. The predicted molar refractivity (Wildman–Crippen MR) is 103 cm³/mol. The number of aldehydes is 1. The number of aryl methyl sites for hydroxylation is 1. The fraction of sp³-hybridized carbons (Fsp3) is 0.667. The molecule has 1 unspecified atom stereocenters. The summed E-state index contributed by atoms with van der Waals surface area (Å²) in [5.41, 5.74) is 0.207. The molecule has 1 aromatic rings. The summed E-state index contributed by atoms with van der Waals surface area (Å²) in [5, 5.41) is 6.47. The molecule has 1 amide bonds. The lowest BCUT2D eigenvalue weighted by molar-refractivity contribution is -0.129. The van der Waals surface area contributed by atoms with Crippen molar-refractivity contribution in [3.8, 4) is 0 Å². The zero-order valence-corrected chi connectivity index (χ0v) is 16.9. The van der Waals surface area contributed by atoms with Gasteiger partial charge in [-0.25, -0.2) is 0 Å². The van der Waals surface area contributed by atoms with Gasteiger partial charge in [0.2, 0.25) is 5.91 Å². The number of carbonyl (C=O) groups is 4. The fourth-order valence-corrected chi connectivity index (χ4v) is 3.74. The molecule has 7 heteroatoms. The first-order chi connectivity index (χ1) is 13.3. The molecule has 1 fully saturated rings. The summed E-state index contributed by atoms with van der Waals surface area (Å²) >= 11 is 0. The average molecular weight is 390 g/mol. The van der Waals surface area contributed by atoms with Gasteiger partial charge in [-0.1, -0.05) is 25.4 Å². The van der Waals surface area contributed by atoms with Crippen molar-refractivity contribution in [3.05, 3.63) is 17.5 Å². The van der Waals surface area contributed by atoms with E-state index in [1.807, 2.05) is 13.8 Å². The summed E-state index contributed by atoms with van der Waals surface area (Å²) in [6, 6.07) is 0.842. The number of nitrogens with zero attached hydrogens (tertiary/aromatic N) is 1. The Hall–Kier alpha value is -2.31. The van der Waals surface area contributed by atoms with E-state index in [1.54, 1.807) is 13.0 Å². The second-order valence-electron chi connectivity index (χ2n) is 8.17. The van der Waals surface area contributed by atoms with Gasteiger partial charge in [-0.05, 0) is 38.5 Å². The highest BCUT2D eigenvalue weighted by atomic mass is 16.5. The molecule has 2 rings (SSSR count). The third-order valence-electron chi connectivity index (χ3n) is 5.18. The van der Waals surface area contributed by atoms with Crippen molar-refractivity contribution in [2.24, 2.45) is 17.8 Å². The van der Waals surface area contributed by atoms with Gasteiger partial charge in [-0.2, -0.15) is 0 Å². The third kappa shape index (κ3) is 6.39. The largest absolute Gasteiger partial charge is 0.361 e. The molecule has 1 aliphatic rings. The van der Waals surface area contributed by atoms with Gasteiger partial charge in [-0.15, -0.1) is 0 Å². The van der Waals surface area contributed by atoms with E-state index in [2.05, 4.69) is 10.5 Å². The number of rotatable bonds is 10. The van der Waals surface area contributed by atoms with Crippen LogP contribution in [0.3, 0.4) is 0 Å². The smallest absolute Gasteiger partial charge is 0.224 e. The summed E-state index contributed by atoms with van der Waals surface area (Å²) < 4.78 is 4.94. The molecule has 0 saturated heterocycles. The third-order valence-corrected chi connectivity index (χ3v) is 5.18. The minimum atomic E-state index is -0.710. The predicted octanol–water partition coefficient (Wildman–Crippen LogP) is 3.05. The zero-order chi connectivity index (χ0) is 20.7. The lowest BCUT2D eigenvalue weighted by Gasteiger charge is -2.25. The van der Waals surface area contributed by atoms with Crippen LogP contribution in [-0.2, 0) is 14.4 Å². The minimum absolute atomic E-state index is 0.00389. The first kappa shape index (κ1) is 22.0. The van der Waals surface area contributed by atoms with Crippen molar-refractivity contribution in [3.63, 3.8) is 0 Å². The zero-order valence-electron chi connectivity index (χ0n) is 16.9. The lowest BCUT2D eigenvalue weighted by atomic mass is 9.83. The van der Waals surface area contributed by atoms with E-state index in [9.17, 15) is 19.2 Å². The van der Waals surface area contributed by atoms with Crippen LogP contribution < -0.4 is 5.32 Å². The summed E-state index contributed by atoms with van der Waals surface area (Å²) in [5.74, 6) is -0.418. The second kappa shape index (κ2) is 10.3. The van der Waals surface area contributed by atoms with Gasteiger partial charge in [0, 0.05) is 30.7 Å². The van der Waals surface area contributed by atoms with Crippen LogP contribution in [0.15, 0.2) is 10.6 Å². The molecule has 1 heterocycles. The number of ketones is 2. The van der Waals surface area contributed by atoms with Crippen molar-refractivity contribution in [1.82, 2.24) is 10.5 Å². The molecule has 0 bridgehead atoms. The molecule has 0 radical (unpaired) electrons. The van der Waals surface area contributed by atoms with Gasteiger partial charge in [-0.3, -0.25) is 14.4 Å². The molecule has 1 aromatic heterocycles. The maximum Gasteiger partial charge on any atom is 0.224 e. The quantitative estimate of drug-likeness (QED) is 0.486. The molecule has 3 atom stereocenters. The van der Waals surface area contributed by atoms with Crippen LogP contribution in [-0.4, -0.2) is 35.0 Å². The SMILES string of the molecule is Cc1cc(C(=O)CC(CC(C)C)C(=O)N[C@H](C=O)C[C@@H]2CCCCC2=O)no1. The van der Waals surface area contributed by atoms with Crippen LogP contribution in [0, 0.1) is 24.7 Å². The van der Waals surface area contributed by atoms with Crippen molar-refractivity contribution in [2.45, 2.75) is 71.8 Å². The molecule has 1 N–H and O–H groups in total. The number of nitrogens with one attached hydrogen (secondary N) is 1. The monoisotopic (exact) mass is 390 g/mol. The maximum atomic E-state index is 12.8. The van der Waals surface area contributed by atoms with Crippen molar-refractivity contribution in [2.75, 3.05) is 0 Å². The highest BCUT2D eigenvalue weighted by Gasteiger charge is 2.29. The summed E-state index contributed by atoms with van der Waals surface area (Å²) in [6.45, 7) is 5.65. The molecule has 1 aliphatic carbocycles. The molecule has 7 nitrogen and oxygen atoms in total. The van der Waals surface area contributed by atoms with Gasteiger partial charge >= 0.3 is 0 Å². The van der Waals surface area contributed by atoms with Crippen LogP contribution in [0.5, 0.6) is 0 Å². The van der Waals surface area contributed by atoms with E-state index in [0.29, 0.717) is 31.3 Å². The standard InChI is InChI=1S/C21H30N2O5/c1-13(2)8-16(11-20(26)18-9-14(3)28-23-18)21(27)22-17(12-24)10-15-6-4-5-7-19(15)25/h9,12-13,15-17H,4-8,10-11H2,1-3H3,(H,22,27)/t15-,16?,17-/m0/s1. The average Bonchev–Trinajstić information content (AvgIpc) is 3.08. The molecule has 1 saturated carbocycles. The highest BCUT2D eigenvalue weighted by Crippen LogP contribution is 2.25. The number of amides is 1. The molecule has 0 spiro atoms. The molecule has 154 valence electrons. The van der Waals surface area contributed by atoms with Crippen LogP contribution in [0.25, 0.3) is 0 Å². The fourth-order valence-electron chi connectivity index (χ4n) is 3.74. The Bertz CT molecular complexity index is 709. The van der Waals surface area contributed by atoms with Crippen molar-refractivity contribution in [1.29, 1.82) is 0 Å². The summed E-state index contributed by atoms with van der Waals surface area (Å²) in [4.78, 5) is 48.8. The molecular formula is C21H30N2O5. The number of hydrogen-bond acceptors (Lipinski definition) is 6. The van der Waals surface area contributed by atoms with Crippen LogP contribution in [0.4, 0.5) is 0 Å². The maximum absolute atomic E-state index is 12.8. The number of carbonyl (C=O) groups excluding carboxylic acids is 4. The Morgan fingerprint density at radius 1 is 1.36 bits per heavy atom. The Morgan fingerprint density at radius 3 is 2.68 bits per heavy atom. The summed E-state index contributed by atoms with van der Waals surface area (Å²) in [6.07, 6.45) is 4.72. The molecule has 0 aromatic carbocycles. The number of aromatic nitrogens is 1. The van der Waals surface area contributed by atoms with Gasteiger partial charge in [0.1, 0.15) is 23.5 Å². The Kier molecular flexibility index (Phi) is 8.08. The Morgan fingerprint density at radius 2 is 2.11 bits per heavy atom. The Labute approximate surface area is 165 Å². The van der Waals surface area contributed by atoms with Crippen LogP contribution in [0.2, 0.25) is 0 Å². The van der Waals surface area contributed by atoms with E-state index < -0.39 is 12.0 Å². The van der Waals surface area contributed by atoms with Crippen LogP contribution >= 0.6 is 0 Å². The van der Waals surface area contributed by atoms with Gasteiger partial charge in [0.05, 0.1) is 6.04 Å². The van der Waals surface area contributed by atoms with Gasteiger partial charge in [0.15, 0.2) is 5.78 Å². The topological polar surface area (TPSA) is 106 Å². The van der Waals surface area contributed by atoms with E-state index in [1.165, 1.54) is 0 Å². The van der Waals surface area contributed by atoms with E-state index >= 15 is 0 Å². The number of Topliss-reactive ketones (excluding diaryl/α,β-unsaturated/α-hetero) is 2. The molecule has 0 aliphatic heterocycles. The van der Waals surface area contributed by atoms with Gasteiger partial charge in [0.25, 0.3) is 0 Å².